The number of rotatable bonds is 1. The van der Waals surface area contributed by atoms with E-state index < -0.39 is 0 Å². The molecule has 0 aromatic heterocycles. The van der Waals surface area contributed by atoms with Crippen LogP contribution in [0.25, 0.3) is 0 Å². The van der Waals surface area contributed by atoms with Gasteiger partial charge in [-0.3, -0.25) is 4.79 Å². The van der Waals surface area contributed by atoms with Crippen LogP contribution in [0.2, 0.25) is 0 Å². The molecule has 0 saturated heterocycles. The van der Waals surface area contributed by atoms with Crippen molar-refractivity contribution in [3.8, 4) is 5.75 Å². The van der Waals surface area contributed by atoms with Crippen LogP contribution in [0, 0.1) is 0 Å². The lowest BCUT2D eigenvalue weighted by Gasteiger charge is -2.31. The summed E-state index contributed by atoms with van der Waals surface area (Å²) in [6, 6.07) is 5.88. The number of ether oxygens (including phenoxy) is 1. The molecule has 17 heavy (non-hydrogen) atoms. The average Bonchev–Trinajstić information content (AvgIpc) is 2.63. The van der Waals surface area contributed by atoms with Crippen LogP contribution in [0.4, 0.5) is 5.69 Å². The highest BCUT2D eigenvalue weighted by Crippen LogP contribution is 2.48. The maximum Gasteiger partial charge on any atom is 0.235 e. The molecule has 2 aliphatic rings. The minimum atomic E-state index is -0.276. The quantitative estimate of drug-likeness (QED) is 0.807. The zero-order valence-electron chi connectivity index (χ0n) is 10.1. The van der Waals surface area contributed by atoms with Crippen LogP contribution in [0.3, 0.4) is 0 Å². The summed E-state index contributed by atoms with van der Waals surface area (Å²) in [5.41, 5.74) is 1.83. The third kappa shape index (κ3) is 1.45. The lowest BCUT2D eigenvalue weighted by Crippen LogP contribution is -2.36. The van der Waals surface area contributed by atoms with Crippen LogP contribution in [-0.4, -0.2) is 13.0 Å². The first-order chi connectivity index (χ1) is 8.26. The maximum absolute atomic E-state index is 12.3. The number of hydrogen-bond acceptors (Lipinski definition) is 2. The Morgan fingerprint density at radius 2 is 2.00 bits per heavy atom. The number of methoxy groups -OCH3 is 1. The highest BCUT2D eigenvalue weighted by Gasteiger charge is 2.47. The lowest BCUT2D eigenvalue weighted by atomic mass is 9.70. The van der Waals surface area contributed by atoms with Gasteiger partial charge >= 0.3 is 0 Å². The van der Waals surface area contributed by atoms with Gasteiger partial charge in [0, 0.05) is 5.69 Å². The summed E-state index contributed by atoms with van der Waals surface area (Å²) in [5.74, 6) is 1.02. The van der Waals surface area contributed by atoms with E-state index >= 15 is 0 Å². The van der Waals surface area contributed by atoms with Gasteiger partial charge in [-0.15, -0.1) is 0 Å². The third-order valence-corrected chi connectivity index (χ3v) is 4.13. The van der Waals surface area contributed by atoms with Gasteiger partial charge in [-0.1, -0.05) is 19.3 Å². The fraction of sp³-hybridized carbons (Fsp3) is 0.500. The Hall–Kier alpha value is -1.51. The minimum absolute atomic E-state index is 0.181. The molecular weight excluding hydrogens is 214 g/mol. The van der Waals surface area contributed by atoms with Crippen molar-refractivity contribution < 1.29 is 9.53 Å². The van der Waals surface area contributed by atoms with E-state index in [0.29, 0.717) is 0 Å². The molecule has 1 spiro atoms. The van der Waals surface area contributed by atoms with Crippen LogP contribution >= 0.6 is 0 Å². The van der Waals surface area contributed by atoms with Crippen LogP contribution in [-0.2, 0) is 10.2 Å². The summed E-state index contributed by atoms with van der Waals surface area (Å²) in [6.07, 6.45) is 5.47. The van der Waals surface area contributed by atoms with Gasteiger partial charge in [0.2, 0.25) is 5.91 Å². The van der Waals surface area contributed by atoms with Gasteiger partial charge in [0.25, 0.3) is 0 Å². The van der Waals surface area contributed by atoms with Crippen LogP contribution in [0.15, 0.2) is 18.2 Å². The van der Waals surface area contributed by atoms with Crippen LogP contribution in [0.5, 0.6) is 5.75 Å². The molecule has 90 valence electrons. The molecule has 0 radical (unpaired) electrons. The molecule has 0 unspecified atom stereocenters. The number of amides is 1. The first-order valence-corrected chi connectivity index (χ1v) is 6.26. The van der Waals surface area contributed by atoms with E-state index in [0.717, 1.165) is 42.7 Å². The molecule has 3 heteroatoms. The number of hydrogen-bond donors (Lipinski definition) is 1. The molecule has 3 nitrogen and oxygen atoms in total. The smallest absolute Gasteiger partial charge is 0.235 e. The molecule has 1 aliphatic carbocycles. The first-order valence-electron chi connectivity index (χ1n) is 6.26. The van der Waals surface area contributed by atoms with Crippen LogP contribution in [0.1, 0.15) is 37.7 Å². The normalized spacial score (nSPS) is 21.1. The molecule has 1 aromatic rings. The Labute approximate surface area is 101 Å². The second-order valence-electron chi connectivity index (χ2n) is 5.01. The Balaban J connectivity index is 2.10. The van der Waals surface area contributed by atoms with Crippen molar-refractivity contribution in [2.75, 3.05) is 12.4 Å². The summed E-state index contributed by atoms with van der Waals surface area (Å²) in [7, 11) is 1.67. The Morgan fingerprint density at radius 3 is 2.71 bits per heavy atom. The first kappa shape index (κ1) is 10.6. The largest absolute Gasteiger partial charge is 0.497 e. The van der Waals surface area contributed by atoms with E-state index in [4.69, 9.17) is 4.74 Å². The van der Waals surface area contributed by atoms with Crippen LogP contribution < -0.4 is 10.1 Å². The number of anilines is 1. The molecule has 1 saturated carbocycles. The number of benzene rings is 1. The highest BCUT2D eigenvalue weighted by atomic mass is 16.5. The lowest BCUT2D eigenvalue weighted by molar-refractivity contribution is -0.121. The molecule has 0 bridgehead atoms. The third-order valence-electron chi connectivity index (χ3n) is 4.13. The molecule has 1 amide bonds. The number of nitrogens with one attached hydrogen (secondary N) is 1. The molecule has 0 atom stereocenters. The Morgan fingerprint density at radius 1 is 1.24 bits per heavy atom. The standard InChI is InChI=1S/C14H17NO2/c1-17-10-5-6-12-11(9-10)14(13(16)15-12)7-3-2-4-8-14/h5-6,9H,2-4,7-8H2,1H3,(H,15,16). The monoisotopic (exact) mass is 231 g/mol. The average molecular weight is 231 g/mol. The van der Waals surface area contributed by atoms with Crippen molar-refractivity contribution in [2.45, 2.75) is 37.5 Å². The fourth-order valence-corrected chi connectivity index (χ4v) is 3.17. The summed E-state index contributed by atoms with van der Waals surface area (Å²) >= 11 is 0. The SMILES string of the molecule is COc1ccc2c(c1)C1(CCCCC1)C(=O)N2. The van der Waals surface area contributed by atoms with Gasteiger partial charge in [-0.25, -0.2) is 0 Å². The second kappa shape index (κ2) is 3.76. The van der Waals surface area contributed by atoms with E-state index in [9.17, 15) is 4.79 Å². The fourth-order valence-electron chi connectivity index (χ4n) is 3.17. The van der Waals surface area contributed by atoms with Gasteiger partial charge in [-0.2, -0.15) is 0 Å². The number of carbonyl (C=O) groups excluding carboxylic acids is 1. The van der Waals surface area contributed by atoms with Gasteiger partial charge in [0.1, 0.15) is 5.75 Å². The number of fused-ring (bicyclic) bond motifs is 2. The van der Waals surface area contributed by atoms with Crippen molar-refractivity contribution >= 4 is 11.6 Å². The topological polar surface area (TPSA) is 38.3 Å². The predicted molar refractivity (Wildman–Crippen MR) is 66.4 cm³/mol. The summed E-state index contributed by atoms with van der Waals surface area (Å²) < 4.78 is 5.27. The van der Waals surface area contributed by atoms with E-state index in [-0.39, 0.29) is 11.3 Å². The zero-order valence-corrected chi connectivity index (χ0v) is 10.1. The van der Waals surface area contributed by atoms with E-state index in [2.05, 4.69) is 5.32 Å². The summed E-state index contributed by atoms with van der Waals surface area (Å²) in [4.78, 5) is 12.3. The molecule has 1 heterocycles. The van der Waals surface area contributed by atoms with Gasteiger partial charge in [-0.05, 0) is 36.6 Å². The molecule has 1 aliphatic heterocycles. The zero-order chi connectivity index (χ0) is 11.9. The highest BCUT2D eigenvalue weighted by molar-refractivity contribution is 6.06. The Kier molecular flexibility index (Phi) is 2.35. The minimum Gasteiger partial charge on any atom is -0.497 e. The molecule has 1 N–H and O–H groups in total. The second-order valence-corrected chi connectivity index (χ2v) is 5.01. The maximum atomic E-state index is 12.3. The van der Waals surface area contributed by atoms with E-state index in [1.807, 2.05) is 18.2 Å². The van der Waals surface area contributed by atoms with Gasteiger partial charge in [0.05, 0.1) is 12.5 Å². The van der Waals surface area contributed by atoms with Gasteiger partial charge in [0.15, 0.2) is 0 Å². The van der Waals surface area contributed by atoms with E-state index in [1.165, 1.54) is 6.42 Å². The van der Waals surface area contributed by atoms with Crippen molar-refractivity contribution in [3.05, 3.63) is 23.8 Å². The predicted octanol–water partition coefficient (Wildman–Crippen LogP) is 2.85. The number of carbonyl (C=O) groups is 1. The van der Waals surface area contributed by atoms with Crippen molar-refractivity contribution in [2.24, 2.45) is 0 Å². The van der Waals surface area contributed by atoms with Crippen molar-refractivity contribution in [3.63, 3.8) is 0 Å². The molecule has 3 rings (SSSR count). The van der Waals surface area contributed by atoms with Crippen molar-refractivity contribution in [1.29, 1.82) is 0 Å². The molecule has 1 fully saturated rings. The van der Waals surface area contributed by atoms with Gasteiger partial charge < -0.3 is 10.1 Å². The van der Waals surface area contributed by atoms with E-state index in [1.54, 1.807) is 7.11 Å². The summed E-state index contributed by atoms with van der Waals surface area (Å²) in [6.45, 7) is 0. The Bertz CT molecular complexity index is 461. The van der Waals surface area contributed by atoms with Crippen molar-refractivity contribution in [1.82, 2.24) is 0 Å². The molecular formula is C14H17NO2. The summed E-state index contributed by atoms with van der Waals surface area (Å²) in [5, 5.41) is 3.01. The molecule has 1 aromatic carbocycles.